The summed E-state index contributed by atoms with van der Waals surface area (Å²) in [5.74, 6) is -0.609. The summed E-state index contributed by atoms with van der Waals surface area (Å²) < 4.78 is 0. The molecule has 1 aliphatic rings. The highest BCUT2D eigenvalue weighted by molar-refractivity contribution is 5.95. The highest BCUT2D eigenvalue weighted by atomic mass is 16.3. The lowest BCUT2D eigenvalue weighted by molar-refractivity contribution is -0.126. The van der Waals surface area contributed by atoms with Crippen molar-refractivity contribution in [1.82, 2.24) is 10.2 Å². The first kappa shape index (κ1) is 20.7. The molecule has 1 saturated heterocycles. The molecular weight excluding hydrogens is 368 g/mol. The largest absolute Gasteiger partial charge is 0.504 e. The Morgan fingerprint density at radius 1 is 1.07 bits per heavy atom. The van der Waals surface area contributed by atoms with Crippen molar-refractivity contribution < 1.29 is 19.8 Å². The third-order valence-electron chi connectivity index (χ3n) is 5.30. The molecule has 3 N–H and O–H groups in total. The second-order valence-corrected chi connectivity index (χ2v) is 7.83. The maximum atomic E-state index is 12.9. The van der Waals surface area contributed by atoms with Crippen LogP contribution in [-0.2, 0) is 11.2 Å². The number of nitrogens with one attached hydrogen (secondary N) is 1. The van der Waals surface area contributed by atoms with Crippen molar-refractivity contribution in [3.8, 4) is 11.5 Å². The zero-order valence-electron chi connectivity index (χ0n) is 16.9. The number of aromatic hydroxyl groups is 2. The third kappa shape index (κ3) is 5.28. The van der Waals surface area contributed by atoms with Gasteiger partial charge in [-0.1, -0.05) is 23.3 Å². The lowest BCUT2D eigenvalue weighted by Crippen LogP contribution is -2.45. The molecule has 0 aliphatic carbocycles. The smallest absolute Gasteiger partial charge is 0.253 e. The van der Waals surface area contributed by atoms with Gasteiger partial charge in [-0.25, -0.2) is 0 Å². The van der Waals surface area contributed by atoms with Crippen molar-refractivity contribution in [2.24, 2.45) is 5.92 Å². The lowest BCUT2D eigenvalue weighted by Gasteiger charge is -2.32. The summed E-state index contributed by atoms with van der Waals surface area (Å²) in [5.41, 5.74) is 3.62. The van der Waals surface area contributed by atoms with E-state index in [1.165, 1.54) is 12.1 Å². The van der Waals surface area contributed by atoms with Crippen molar-refractivity contribution in [3.63, 3.8) is 0 Å². The number of likely N-dealkylation sites (tertiary alicyclic amines) is 1. The van der Waals surface area contributed by atoms with Crippen LogP contribution in [0.4, 0.5) is 0 Å². The van der Waals surface area contributed by atoms with Crippen molar-refractivity contribution >= 4 is 11.8 Å². The Balaban J connectivity index is 1.54. The number of piperidine rings is 1. The van der Waals surface area contributed by atoms with Crippen LogP contribution in [-0.4, -0.2) is 46.6 Å². The second kappa shape index (κ2) is 8.99. The summed E-state index contributed by atoms with van der Waals surface area (Å²) >= 11 is 0. The molecule has 29 heavy (non-hydrogen) atoms. The molecule has 0 aromatic heterocycles. The summed E-state index contributed by atoms with van der Waals surface area (Å²) in [7, 11) is 0. The van der Waals surface area contributed by atoms with Crippen LogP contribution in [0.25, 0.3) is 0 Å². The molecule has 1 aliphatic heterocycles. The fourth-order valence-electron chi connectivity index (χ4n) is 3.86. The van der Waals surface area contributed by atoms with E-state index in [9.17, 15) is 19.8 Å². The summed E-state index contributed by atoms with van der Waals surface area (Å²) in [4.78, 5) is 27.2. The van der Waals surface area contributed by atoms with Gasteiger partial charge < -0.3 is 20.4 Å². The predicted molar refractivity (Wildman–Crippen MR) is 111 cm³/mol. The van der Waals surface area contributed by atoms with Gasteiger partial charge in [-0.3, -0.25) is 9.59 Å². The number of benzene rings is 2. The standard InChI is InChI=1S/C23H28N2O4/c1-15-10-16(2)12-19(11-15)23(29)25-9-3-4-18(14-25)22(28)24-8-7-17-5-6-20(26)21(27)13-17/h5-6,10-13,18,26-27H,3-4,7-9,14H2,1-2H3,(H,24,28)/t18-/m0/s1. The molecule has 0 bridgehead atoms. The van der Waals surface area contributed by atoms with Crippen molar-refractivity contribution in [2.45, 2.75) is 33.1 Å². The van der Waals surface area contributed by atoms with E-state index in [0.717, 1.165) is 29.5 Å². The van der Waals surface area contributed by atoms with Gasteiger partial charge in [-0.15, -0.1) is 0 Å². The molecule has 2 amide bonds. The Morgan fingerprint density at radius 3 is 2.48 bits per heavy atom. The Kier molecular flexibility index (Phi) is 6.42. The molecule has 1 heterocycles. The maximum Gasteiger partial charge on any atom is 0.253 e. The molecule has 0 spiro atoms. The summed E-state index contributed by atoms with van der Waals surface area (Å²) in [6.45, 7) is 5.48. The first-order valence-corrected chi connectivity index (χ1v) is 9.99. The van der Waals surface area contributed by atoms with Gasteiger partial charge in [0.05, 0.1) is 5.92 Å². The molecule has 6 nitrogen and oxygen atoms in total. The van der Waals surface area contributed by atoms with Crippen LogP contribution in [0.5, 0.6) is 11.5 Å². The number of amides is 2. The van der Waals surface area contributed by atoms with Gasteiger partial charge >= 0.3 is 0 Å². The molecule has 154 valence electrons. The molecular formula is C23H28N2O4. The minimum atomic E-state index is -0.216. The minimum Gasteiger partial charge on any atom is -0.504 e. The van der Waals surface area contributed by atoms with E-state index in [1.54, 1.807) is 11.0 Å². The lowest BCUT2D eigenvalue weighted by atomic mass is 9.96. The summed E-state index contributed by atoms with van der Waals surface area (Å²) in [5, 5.41) is 21.8. The first-order chi connectivity index (χ1) is 13.8. The summed E-state index contributed by atoms with van der Waals surface area (Å²) in [6.07, 6.45) is 2.13. The fraction of sp³-hybridized carbons (Fsp3) is 0.391. The van der Waals surface area contributed by atoms with Crippen molar-refractivity contribution in [2.75, 3.05) is 19.6 Å². The number of phenols is 2. The van der Waals surface area contributed by atoms with Crippen LogP contribution in [0.1, 0.15) is 39.9 Å². The van der Waals surface area contributed by atoms with Gasteiger partial charge in [0, 0.05) is 25.2 Å². The molecule has 2 aromatic rings. The van der Waals surface area contributed by atoms with Crippen LogP contribution in [0, 0.1) is 19.8 Å². The predicted octanol–water partition coefficient (Wildman–Crippen LogP) is 2.93. The highest BCUT2D eigenvalue weighted by Gasteiger charge is 2.28. The molecule has 1 atom stereocenters. The topological polar surface area (TPSA) is 89.9 Å². The third-order valence-corrected chi connectivity index (χ3v) is 5.30. The van der Waals surface area contributed by atoms with Crippen LogP contribution < -0.4 is 5.32 Å². The molecule has 3 rings (SSSR count). The second-order valence-electron chi connectivity index (χ2n) is 7.83. The number of rotatable bonds is 5. The molecule has 0 radical (unpaired) electrons. The highest BCUT2D eigenvalue weighted by Crippen LogP contribution is 2.25. The van der Waals surface area contributed by atoms with Crippen molar-refractivity contribution in [3.05, 3.63) is 58.7 Å². The zero-order chi connectivity index (χ0) is 21.0. The Bertz CT molecular complexity index is 889. The van der Waals surface area contributed by atoms with Gasteiger partial charge in [-0.05, 0) is 62.9 Å². The number of carbonyl (C=O) groups excluding carboxylic acids is 2. The van der Waals surface area contributed by atoms with E-state index < -0.39 is 0 Å². The van der Waals surface area contributed by atoms with Crippen LogP contribution in [0.2, 0.25) is 0 Å². The quantitative estimate of drug-likeness (QED) is 0.678. The fourth-order valence-corrected chi connectivity index (χ4v) is 3.86. The van der Waals surface area contributed by atoms with E-state index >= 15 is 0 Å². The summed E-state index contributed by atoms with van der Waals surface area (Å²) in [6, 6.07) is 10.5. The molecule has 2 aromatic carbocycles. The van der Waals surface area contributed by atoms with E-state index in [2.05, 4.69) is 5.32 Å². The van der Waals surface area contributed by atoms with Gasteiger partial charge in [-0.2, -0.15) is 0 Å². The minimum absolute atomic E-state index is 0.0196. The maximum absolute atomic E-state index is 12.9. The zero-order valence-corrected chi connectivity index (χ0v) is 16.9. The number of phenolic OH excluding ortho intramolecular Hbond substituents is 2. The van der Waals surface area contributed by atoms with Gasteiger partial charge in [0.15, 0.2) is 11.5 Å². The monoisotopic (exact) mass is 396 g/mol. The Hall–Kier alpha value is -3.02. The molecule has 6 heteroatoms. The van der Waals surface area contributed by atoms with E-state index in [1.807, 2.05) is 32.0 Å². The van der Waals surface area contributed by atoms with Gasteiger partial charge in [0.1, 0.15) is 0 Å². The molecule has 0 unspecified atom stereocenters. The molecule has 0 saturated carbocycles. The number of hydrogen-bond acceptors (Lipinski definition) is 4. The van der Waals surface area contributed by atoms with E-state index in [4.69, 9.17) is 0 Å². The molecule has 1 fully saturated rings. The van der Waals surface area contributed by atoms with Gasteiger partial charge in [0.2, 0.25) is 5.91 Å². The first-order valence-electron chi connectivity index (χ1n) is 9.99. The Labute approximate surface area is 171 Å². The van der Waals surface area contributed by atoms with E-state index in [0.29, 0.717) is 31.6 Å². The van der Waals surface area contributed by atoms with Crippen LogP contribution in [0.3, 0.4) is 0 Å². The average Bonchev–Trinajstić information content (AvgIpc) is 2.69. The number of aryl methyl sites for hydroxylation is 2. The van der Waals surface area contributed by atoms with Gasteiger partial charge in [0.25, 0.3) is 5.91 Å². The van der Waals surface area contributed by atoms with E-state index in [-0.39, 0.29) is 29.2 Å². The average molecular weight is 396 g/mol. The van der Waals surface area contributed by atoms with Crippen LogP contribution >= 0.6 is 0 Å². The normalized spacial score (nSPS) is 16.5. The number of nitrogens with zero attached hydrogens (tertiary/aromatic N) is 1. The number of carbonyl (C=O) groups is 2. The van der Waals surface area contributed by atoms with Crippen LogP contribution in [0.15, 0.2) is 36.4 Å². The van der Waals surface area contributed by atoms with Crippen molar-refractivity contribution in [1.29, 1.82) is 0 Å². The Morgan fingerprint density at radius 2 is 1.79 bits per heavy atom. The number of hydrogen-bond donors (Lipinski definition) is 3. The SMILES string of the molecule is Cc1cc(C)cc(C(=O)N2CCC[C@H](C(=O)NCCc3ccc(O)c(O)c3)C2)c1.